The molecule has 1 aliphatic rings. The lowest BCUT2D eigenvalue weighted by atomic mass is 9.94. The minimum atomic E-state index is -0.0219. The van der Waals surface area contributed by atoms with Gasteiger partial charge in [0.25, 0.3) is 0 Å². The normalized spacial score (nSPS) is 17.3. The standard InChI is InChI=1S/C26H19Cl4NO/c27-22-8-6-18(24(29)12-22)10-20-15-31(14-17-4-2-1-3-5-17)16-21(26(20)32)11-19-7-9-23(28)13-25(19)30/h1-13H,14-16H2/b20-10-,21-11-. The minimum absolute atomic E-state index is 0.0219. The Balaban J connectivity index is 1.72. The van der Waals surface area contributed by atoms with Crippen LogP contribution in [0.3, 0.4) is 0 Å². The van der Waals surface area contributed by atoms with Gasteiger partial charge in [-0.05, 0) is 53.1 Å². The number of halogens is 4. The first-order valence-corrected chi connectivity index (χ1v) is 11.5. The topological polar surface area (TPSA) is 20.3 Å². The number of carbonyl (C=O) groups is 1. The zero-order chi connectivity index (χ0) is 22.7. The van der Waals surface area contributed by atoms with Crippen LogP contribution in [0.25, 0.3) is 12.2 Å². The first-order valence-electron chi connectivity index (χ1n) is 10.0. The molecule has 0 aromatic heterocycles. The number of piperidine rings is 1. The molecule has 0 atom stereocenters. The van der Waals surface area contributed by atoms with E-state index in [-0.39, 0.29) is 5.78 Å². The number of rotatable bonds is 4. The average molecular weight is 503 g/mol. The molecule has 0 aliphatic carbocycles. The molecule has 0 spiro atoms. The maximum absolute atomic E-state index is 13.4. The summed E-state index contributed by atoms with van der Waals surface area (Å²) in [5.41, 5.74) is 4.00. The summed E-state index contributed by atoms with van der Waals surface area (Å²) in [6.45, 7) is 1.74. The number of nitrogens with zero attached hydrogens (tertiary/aromatic N) is 1. The molecule has 1 fully saturated rings. The summed E-state index contributed by atoms with van der Waals surface area (Å²) in [6, 6.07) is 20.7. The predicted octanol–water partition coefficient (Wildman–Crippen LogP) is 7.85. The van der Waals surface area contributed by atoms with E-state index >= 15 is 0 Å². The van der Waals surface area contributed by atoms with Crippen molar-refractivity contribution in [1.29, 1.82) is 0 Å². The molecule has 0 radical (unpaired) electrons. The zero-order valence-electron chi connectivity index (χ0n) is 17.0. The van der Waals surface area contributed by atoms with E-state index < -0.39 is 0 Å². The number of carbonyl (C=O) groups excluding carboxylic acids is 1. The van der Waals surface area contributed by atoms with Gasteiger partial charge in [-0.25, -0.2) is 0 Å². The zero-order valence-corrected chi connectivity index (χ0v) is 20.0. The Hall–Kier alpha value is -2.07. The predicted molar refractivity (Wildman–Crippen MR) is 136 cm³/mol. The monoisotopic (exact) mass is 501 g/mol. The van der Waals surface area contributed by atoms with Crippen molar-refractivity contribution < 1.29 is 4.79 Å². The van der Waals surface area contributed by atoms with Gasteiger partial charge in [-0.2, -0.15) is 0 Å². The van der Waals surface area contributed by atoms with Crippen molar-refractivity contribution in [3.8, 4) is 0 Å². The smallest absolute Gasteiger partial charge is 0.187 e. The second-order valence-corrected chi connectivity index (χ2v) is 9.32. The third-order valence-corrected chi connectivity index (χ3v) is 6.33. The van der Waals surface area contributed by atoms with E-state index in [0.717, 1.165) is 11.1 Å². The fraction of sp³-hybridized carbons (Fsp3) is 0.115. The highest BCUT2D eigenvalue weighted by atomic mass is 35.5. The third-order valence-electron chi connectivity index (χ3n) is 5.20. The van der Waals surface area contributed by atoms with E-state index in [1.807, 2.05) is 42.5 Å². The molecule has 162 valence electrons. The largest absolute Gasteiger partial charge is 0.290 e. The summed E-state index contributed by atoms with van der Waals surface area (Å²) >= 11 is 24.8. The van der Waals surface area contributed by atoms with E-state index in [1.54, 1.807) is 24.3 Å². The molecule has 32 heavy (non-hydrogen) atoms. The van der Waals surface area contributed by atoms with E-state index in [9.17, 15) is 4.79 Å². The molecule has 3 aromatic rings. The number of ketones is 1. The van der Waals surface area contributed by atoms with Crippen molar-refractivity contribution >= 4 is 64.3 Å². The number of likely N-dealkylation sites (tertiary alicyclic amines) is 1. The third kappa shape index (κ3) is 5.64. The highest BCUT2D eigenvalue weighted by Gasteiger charge is 2.26. The van der Waals surface area contributed by atoms with Crippen LogP contribution in [0.4, 0.5) is 0 Å². The number of benzene rings is 3. The van der Waals surface area contributed by atoms with Crippen molar-refractivity contribution in [3.63, 3.8) is 0 Å². The summed E-state index contributed by atoms with van der Waals surface area (Å²) in [5.74, 6) is -0.0219. The molecule has 4 rings (SSSR count). The maximum atomic E-state index is 13.4. The van der Waals surface area contributed by atoms with Gasteiger partial charge in [0.05, 0.1) is 0 Å². The van der Waals surface area contributed by atoms with Gasteiger partial charge in [0.2, 0.25) is 0 Å². The summed E-state index contributed by atoms with van der Waals surface area (Å²) in [5, 5.41) is 2.11. The molecule has 0 bridgehead atoms. The van der Waals surface area contributed by atoms with Gasteiger partial charge in [0.1, 0.15) is 0 Å². The molecular formula is C26H19Cl4NO. The van der Waals surface area contributed by atoms with Crippen LogP contribution in [0.15, 0.2) is 77.9 Å². The van der Waals surface area contributed by atoms with Crippen molar-refractivity contribution in [3.05, 3.63) is 115 Å². The van der Waals surface area contributed by atoms with E-state index in [2.05, 4.69) is 17.0 Å². The molecule has 2 nitrogen and oxygen atoms in total. The van der Waals surface area contributed by atoms with Crippen molar-refractivity contribution in [2.45, 2.75) is 6.54 Å². The summed E-state index contributed by atoms with van der Waals surface area (Å²) < 4.78 is 0. The number of hydrogen-bond donors (Lipinski definition) is 0. The lowest BCUT2D eigenvalue weighted by Crippen LogP contribution is -2.37. The Bertz CT molecular complexity index is 1140. The van der Waals surface area contributed by atoms with E-state index in [4.69, 9.17) is 46.4 Å². The van der Waals surface area contributed by atoms with E-state index in [0.29, 0.717) is 50.9 Å². The highest BCUT2D eigenvalue weighted by Crippen LogP contribution is 2.29. The van der Waals surface area contributed by atoms with Crippen LogP contribution in [0, 0.1) is 0 Å². The molecule has 6 heteroatoms. The fourth-order valence-electron chi connectivity index (χ4n) is 3.68. The van der Waals surface area contributed by atoms with Crippen molar-refractivity contribution in [2.24, 2.45) is 0 Å². The molecule has 0 saturated carbocycles. The maximum Gasteiger partial charge on any atom is 0.187 e. The van der Waals surface area contributed by atoms with Gasteiger partial charge in [0.15, 0.2) is 5.78 Å². The van der Waals surface area contributed by atoms with Crippen molar-refractivity contribution in [1.82, 2.24) is 4.90 Å². The van der Waals surface area contributed by atoms with Gasteiger partial charge in [-0.3, -0.25) is 9.69 Å². The Morgan fingerprint density at radius 3 is 1.69 bits per heavy atom. The van der Waals surface area contributed by atoms with Gasteiger partial charge in [-0.1, -0.05) is 88.9 Å². The van der Waals surface area contributed by atoms with Crippen LogP contribution in [-0.2, 0) is 11.3 Å². The SMILES string of the molecule is O=C1/C(=C\c2ccc(Cl)cc2Cl)CN(Cc2ccccc2)C/C1=C/c1ccc(Cl)cc1Cl. The quantitative estimate of drug-likeness (QED) is 0.338. The van der Waals surface area contributed by atoms with Crippen LogP contribution in [0.1, 0.15) is 16.7 Å². The van der Waals surface area contributed by atoms with Gasteiger partial charge >= 0.3 is 0 Å². The number of hydrogen-bond acceptors (Lipinski definition) is 2. The second kappa shape index (κ2) is 10.2. The molecule has 0 amide bonds. The first kappa shape index (κ1) is 23.1. The van der Waals surface area contributed by atoms with Crippen LogP contribution in [0.2, 0.25) is 20.1 Å². The minimum Gasteiger partial charge on any atom is -0.290 e. The fourth-order valence-corrected chi connectivity index (χ4v) is 4.60. The molecule has 3 aromatic carbocycles. The molecular weight excluding hydrogens is 484 g/mol. The molecule has 1 saturated heterocycles. The summed E-state index contributed by atoms with van der Waals surface area (Å²) in [4.78, 5) is 15.6. The van der Waals surface area contributed by atoms with Gasteiger partial charge in [0, 0.05) is 50.9 Å². The Kier molecular flexibility index (Phi) is 7.40. The molecule has 0 unspecified atom stereocenters. The summed E-state index contributed by atoms with van der Waals surface area (Å²) in [7, 11) is 0. The van der Waals surface area contributed by atoms with Gasteiger partial charge in [-0.15, -0.1) is 0 Å². The molecule has 1 aliphatic heterocycles. The molecule has 0 N–H and O–H groups in total. The Morgan fingerprint density at radius 1 is 0.719 bits per heavy atom. The van der Waals surface area contributed by atoms with Crippen LogP contribution >= 0.6 is 46.4 Å². The second-order valence-electron chi connectivity index (χ2n) is 7.63. The van der Waals surface area contributed by atoms with Crippen molar-refractivity contribution in [2.75, 3.05) is 13.1 Å². The van der Waals surface area contributed by atoms with E-state index in [1.165, 1.54) is 5.56 Å². The van der Waals surface area contributed by atoms with Crippen LogP contribution in [0.5, 0.6) is 0 Å². The average Bonchev–Trinajstić information content (AvgIpc) is 2.76. The highest BCUT2D eigenvalue weighted by molar-refractivity contribution is 6.36. The summed E-state index contributed by atoms with van der Waals surface area (Å²) in [6.07, 6.45) is 3.69. The Labute approximate surface area is 207 Å². The number of Topliss-reactive ketones (excluding diaryl/α,β-unsaturated/α-hetero) is 1. The van der Waals surface area contributed by atoms with Crippen LogP contribution in [-0.4, -0.2) is 23.8 Å². The lowest BCUT2D eigenvalue weighted by molar-refractivity contribution is -0.113. The molecule has 1 heterocycles. The van der Waals surface area contributed by atoms with Gasteiger partial charge < -0.3 is 0 Å². The first-order chi connectivity index (χ1) is 15.4. The lowest BCUT2D eigenvalue weighted by Gasteiger charge is -2.30. The Morgan fingerprint density at radius 2 is 1.22 bits per heavy atom. The van der Waals surface area contributed by atoms with Crippen LogP contribution < -0.4 is 0 Å².